The van der Waals surface area contributed by atoms with E-state index >= 15 is 0 Å². The molecule has 0 unspecified atom stereocenters. The number of methoxy groups -OCH3 is 1. The Kier molecular flexibility index (Phi) is 12.4. The number of benzene rings is 3. The maximum absolute atomic E-state index is 13.0. The fourth-order valence-corrected chi connectivity index (χ4v) is 5.42. The van der Waals surface area contributed by atoms with E-state index < -0.39 is 53.9 Å². The molecule has 1 heterocycles. The van der Waals surface area contributed by atoms with E-state index in [1.807, 2.05) is 12.1 Å². The molecular formula is C35H32Cl2F3N7O6. The number of amides is 2. The van der Waals surface area contributed by atoms with Crippen LogP contribution in [0.5, 0.6) is 6.01 Å². The van der Waals surface area contributed by atoms with Crippen LogP contribution in [0.2, 0.25) is 10.0 Å². The Morgan fingerprint density at radius 3 is 2.25 bits per heavy atom. The Bertz CT molecular complexity index is 1960. The van der Waals surface area contributed by atoms with E-state index in [2.05, 4.69) is 36.2 Å². The fraction of sp³-hybridized carbons (Fsp3) is 0.286. The van der Waals surface area contributed by atoms with E-state index in [0.29, 0.717) is 34.1 Å². The van der Waals surface area contributed by atoms with Crippen molar-refractivity contribution in [3.8, 4) is 6.01 Å². The summed E-state index contributed by atoms with van der Waals surface area (Å²) < 4.78 is 48.4. The van der Waals surface area contributed by atoms with E-state index in [-0.39, 0.29) is 36.8 Å². The van der Waals surface area contributed by atoms with Crippen LogP contribution in [-0.2, 0) is 31.1 Å². The number of carbonyl (C=O) groups is 4. The van der Waals surface area contributed by atoms with Crippen LogP contribution in [0, 0.1) is 0 Å². The summed E-state index contributed by atoms with van der Waals surface area (Å²) in [6.07, 6.45) is -3.47. The number of rotatable bonds is 16. The number of carbonyl (C=O) groups excluding carboxylic acids is 4. The molecule has 3 aromatic carbocycles. The Morgan fingerprint density at radius 2 is 1.60 bits per heavy atom. The van der Waals surface area contributed by atoms with Gasteiger partial charge in [-0.2, -0.15) is 28.1 Å². The zero-order chi connectivity index (χ0) is 38.2. The molecule has 4 aromatic rings. The Hall–Kier alpha value is -5.48. The van der Waals surface area contributed by atoms with Gasteiger partial charge in [-0.3, -0.25) is 14.4 Å². The number of ether oxygens (including phenoxy) is 2. The van der Waals surface area contributed by atoms with Gasteiger partial charge in [0.1, 0.15) is 6.04 Å². The van der Waals surface area contributed by atoms with Gasteiger partial charge in [0.15, 0.2) is 6.61 Å². The first-order valence-corrected chi connectivity index (χ1v) is 16.8. The Morgan fingerprint density at radius 1 is 0.906 bits per heavy atom. The van der Waals surface area contributed by atoms with Crippen molar-refractivity contribution in [1.29, 1.82) is 0 Å². The summed E-state index contributed by atoms with van der Waals surface area (Å²) in [5.41, 5.74) is 1.39. The van der Waals surface area contributed by atoms with Crippen LogP contribution in [0.4, 0.5) is 30.8 Å². The number of alkyl halides is 3. The van der Waals surface area contributed by atoms with Crippen molar-refractivity contribution in [2.75, 3.05) is 30.9 Å². The number of Topliss-reactive ketones (excluding diaryl/α,β-unsaturated/α-hetero) is 1. The monoisotopic (exact) mass is 773 g/mol. The van der Waals surface area contributed by atoms with Crippen LogP contribution in [0.1, 0.15) is 40.7 Å². The minimum Gasteiger partial charge on any atom is -0.467 e. The molecule has 1 aliphatic carbocycles. The number of aromatic nitrogens is 3. The standard InChI is InChI=1S/C35H32Cl2F3N7O6/c1-52-30(51)26(13-16-41-29(50)27(48)18-20-3-2-4-24(37)17-20)43-28(49)21-5-11-25(12-6-21)42-31-44-32(46-33(45-31)53-19-35(38,39)40)47-34(14-15-34)22-7-9-23(36)10-8-22/h2-12,17,26H,13-16,18-19H2,1H3,(H,41,50)(H,43,49)(H2,42,44,45,46,47)/t26-/m0/s1. The molecule has 1 fully saturated rings. The molecule has 18 heteroatoms. The molecule has 1 aliphatic rings. The molecule has 1 atom stereocenters. The third-order valence-electron chi connectivity index (χ3n) is 7.90. The van der Waals surface area contributed by atoms with Crippen LogP contribution >= 0.6 is 23.2 Å². The number of halogens is 5. The van der Waals surface area contributed by atoms with Gasteiger partial charge in [0.05, 0.1) is 12.6 Å². The Balaban J connectivity index is 1.21. The summed E-state index contributed by atoms with van der Waals surface area (Å²) >= 11 is 12.0. The summed E-state index contributed by atoms with van der Waals surface area (Å²) in [7, 11) is 1.14. The number of hydrogen-bond acceptors (Lipinski definition) is 11. The SMILES string of the molecule is COC(=O)[C@H](CCNC(=O)C(=O)Cc1cccc(Cl)c1)NC(=O)c1ccc(Nc2nc(NC3(c4ccc(Cl)cc4)CC3)nc(OCC(F)(F)F)n2)cc1. The molecule has 13 nitrogen and oxygen atoms in total. The second-order valence-electron chi connectivity index (χ2n) is 11.9. The zero-order valence-corrected chi connectivity index (χ0v) is 29.4. The van der Waals surface area contributed by atoms with Gasteiger partial charge in [0, 0.05) is 34.3 Å². The molecule has 0 radical (unpaired) electrons. The fourth-order valence-electron chi connectivity index (χ4n) is 5.08. The van der Waals surface area contributed by atoms with E-state index in [1.54, 1.807) is 36.4 Å². The molecule has 0 saturated heterocycles. The summed E-state index contributed by atoms with van der Waals surface area (Å²) in [4.78, 5) is 62.5. The summed E-state index contributed by atoms with van der Waals surface area (Å²) in [6, 6.07) is 17.7. The first-order chi connectivity index (χ1) is 25.2. The van der Waals surface area contributed by atoms with Crippen LogP contribution in [0.15, 0.2) is 72.8 Å². The number of ketones is 1. The van der Waals surface area contributed by atoms with Gasteiger partial charge in [-0.25, -0.2) is 4.79 Å². The normalized spacial score (nSPS) is 13.6. The first kappa shape index (κ1) is 38.7. The molecule has 1 aromatic heterocycles. The second-order valence-corrected chi connectivity index (χ2v) is 12.8. The number of hydrogen-bond donors (Lipinski definition) is 4. The number of anilines is 3. The summed E-state index contributed by atoms with van der Waals surface area (Å²) in [5, 5.41) is 12.0. The van der Waals surface area contributed by atoms with Crippen molar-refractivity contribution in [2.45, 2.75) is 43.4 Å². The predicted molar refractivity (Wildman–Crippen MR) is 188 cm³/mol. The quantitative estimate of drug-likeness (QED) is 0.0830. The molecule has 5 rings (SSSR count). The molecule has 2 amide bonds. The number of nitrogens with one attached hydrogen (secondary N) is 4. The Labute approximate surface area is 311 Å². The van der Waals surface area contributed by atoms with Crippen LogP contribution in [0.25, 0.3) is 0 Å². The van der Waals surface area contributed by atoms with Crippen LogP contribution in [0.3, 0.4) is 0 Å². The third kappa shape index (κ3) is 11.3. The molecule has 0 aliphatic heterocycles. The first-order valence-electron chi connectivity index (χ1n) is 16.0. The molecular weight excluding hydrogens is 742 g/mol. The number of esters is 1. The zero-order valence-electron chi connectivity index (χ0n) is 27.9. The number of nitrogens with zero attached hydrogens (tertiary/aromatic N) is 3. The van der Waals surface area contributed by atoms with Gasteiger partial charge in [0.2, 0.25) is 17.7 Å². The highest BCUT2D eigenvalue weighted by Gasteiger charge is 2.45. The highest BCUT2D eigenvalue weighted by Crippen LogP contribution is 2.48. The molecule has 278 valence electrons. The average Bonchev–Trinajstić information content (AvgIpc) is 3.90. The maximum atomic E-state index is 13.0. The minimum absolute atomic E-state index is 0.0290. The van der Waals surface area contributed by atoms with E-state index in [1.165, 1.54) is 24.3 Å². The van der Waals surface area contributed by atoms with Crippen LogP contribution in [-0.4, -0.2) is 71.0 Å². The van der Waals surface area contributed by atoms with Crippen molar-refractivity contribution in [3.63, 3.8) is 0 Å². The van der Waals surface area contributed by atoms with Gasteiger partial charge in [-0.15, -0.1) is 0 Å². The van der Waals surface area contributed by atoms with E-state index in [4.69, 9.17) is 32.7 Å². The lowest BCUT2D eigenvalue weighted by Crippen LogP contribution is -2.44. The van der Waals surface area contributed by atoms with E-state index in [9.17, 15) is 32.3 Å². The van der Waals surface area contributed by atoms with Crippen molar-refractivity contribution < 1.29 is 41.8 Å². The van der Waals surface area contributed by atoms with Gasteiger partial charge in [0.25, 0.3) is 11.8 Å². The van der Waals surface area contributed by atoms with Crippen LogP contribution < -0.4 is 26.0 Å². The average molecular weight is 775 g/mol. The van der Waals surface area contributed by atoms with Gasteiger partial charge in [-0.05, 0) is 78.9 Å². The van der Waals surface area contributed by atoms with Crippen molar-refractivity contribution in [2.24, 2.45) is 0 Å². The maximum Gasteiger partial charge on any atom is 0.422 e. The van der Waals surface area contributed by atoms with Gasteiger partial charge in [-0.1, -0.05) is 47.5 Å². The molecule has 4 N–H and O–H groups in total. The van der Waals surface area contributed by atoms with Crippen molar-refractivity contribution in [3.05, 3.63) is 99.5 Å². The minimum atomic E-state index is -4.64. The summed E-state index contributed by atoms with van der Waals surface area (Å²) in [5.74, 6) is -3.17. The largest absolute Gasteiger partial charge is 0.467 e. The van der Waals surface area contributed by atoms with Crippen molar-refractivity contribution in [1.82, 2.24) is 25.6 Å². The summed E-state index contributed by atoms with van der Waals surface area (Å²) in [6.45, 7) is -1.75. The molecule has 0 spiro atoms. The lowest BCUT2D eigenvalue weighted by Gasteiger charge is -2.19. The molecule has 53 heavy (non-hydrogen) atoms. The highest BCUT2D eigenvalue weighted by molar-refractivity contribution is 6.36. The van der Waals surface area contributed by atoms with Crippen molar-refractivity contribution >= 4 is 64.4 Å². The smallest absolute Gasteiger partial charge is 0.422 e. The van der Waals surface area contributed by atoms with Gasteiger partial charge >= 0.3 is 18.2 Å². The lowest BCUT2D eigenvalue weighted by molar-refractivity contribution is -0.154. The van der Waals surface area contributed by atoms with E-state index in [0.717, 1.165) is 12.7 Å². The predicted octanol–water partition coefficient (Wildman–Crippen LogP) is 5.55. The second kappa shape index (κ2) is 16.9. The van der Waals surface area contributed by atoms with Gasteiger partial charge < -0.3 is 30.7 Å². The lowest BCUT2D eigenvalue weighted by atomic mass is 10.1. The highest BCUT2D eigenvalue weighted by atomic mass is 35.5. The third-order valence-corrected chi connectivity index (χ3v) is 8.38. The molecule has 0 bridgehead atoms. The topological polar surface area (TPSA) is 174 Å². The molecule has 1 saturated carbocycles.